The molecule has 0 saturated carbocycles. The van der Waals surface area contributed by atoms with Crippen molar-refractivity contribution >= 4 is 11.4 Å². The summed E-state index contributed by atoms with van der Waals surface area (Å²) in [7, 11) is 0. The topological polar surface area (TPSA) is 68.5 Å². The van der Waals surface area contributed by atoms with E-state index in [9.17, 15) is 4.79 Å². The maximum atomic E-state index is 12.7. The molecule has 0 aliphatic carbocycles. The van der Waals surface area contributed by atoms with Gasteiger partial charge in [0, 0.05) is 25.2 Å². The second kappa shape index (κ2) is 8.08. The molecule has 5 rings (SSSR count). The van der Waals surface area contributed by atoms with Crippen molar-refractivity contribution in [2.24, 2.45) is 0 Å². The summed E-state index contributed by atoms with van der Waals surface area (Å²) < 4.78 is 7.13. The minimum atomic E-state index is -0.158. The van der Waals surface area contributed by atoms with Crippen molar-refractivity contribution in [3.05, 3.63) is 90.0 Å². The van der Waals surface area contributed by atoms with E-state index >= 15 is 0 Å². The molecule has 3 aromatic heterocycles. The molecular weight excluding hydrogens is 376 g/mol. The number of pyridine rings is 1. The lowest BCUT2D eigenvalue weighted by molar-refractivity contribution is 0.0923. The highest BCUT2D eigenvalue weighted by Gasteiger charge is 2.20. The van der Waals surface area contributed by atoms with Crippen LogP contribution in [-0.4, -0.2) is 39.8 Å². The summed E-state index contributed by atoms with van der Waals surface area (Å²) in [6, 6.07) is 18.4. The normalized spacial score (nSPS) is 16.1. The van der Waals surface area contributed by atoms with E-state index < -0.39 is 0 Å². The number of fused-ring (bicyclic) bond motifs is 1. The minimum absolute atomic E-state index is 0.0585. The Balaban J connectivity index is 1.41. The lowest BCUT2D eigenvalue weighted by Crippen LogP contribution is -2.35. The largest absolute Gasteiger partial charge is 0.379 e. The quantitative estimate of drug-likeness (QED) is 0.559. The van der Waals surface area contributed by atoms with Crippen LogP contribution >= 0.6 is 0 Å². The Morgan fingerprint density at radius 2 is 2.03 bits per heavy atom. The van der Waals surface area contributed by atoms with Crippen molar-refractivity contribution in [1.82, 2.24) is 19.9 Å². The zero-order valence-electron chi connectivity index (χ0n) is 16.5. The lowest BCUT2D eigenvalue weighted by atomic mass is 10.0. The maximum Gasteiger partial charge on any atom is 0.272 e. The third-order valence-corrected chi connectivity index (χ3v) is 5.42. The van der Waals surface area contributed by atoms with E-state index in [0.29, 0.717) is 18.9 Å². The van der Waals surface area contributed by atoms with Crippen molar-refractivity contribution in [3.63, 3.8) is 0 Å². The molecule has 1 aliphatic rings. The van der Waals surface area contributed by atoms with Crippen LogP contribution in [0, 0.1) is 0 Å². The molecule has 1 unspecified atom stereocenters. The van der Waals surface area contributed by atoms with Crippen molar-refractivity contribution in [3.8, 4) is 11.1 Å². The Labute approximate surface area is 174 Å². The van der Waals surface area contributed by atoms with E-state index in [0.717, 1.165) is 35.0 Å². The summed E-state index contributed by atoms with van der Waals surface area (Å²) in [6.45, 7) is 1.25. The van der Waals surface area contributed by atoms with Crippen LogP contribution in [-0.2, 0) is 11.2 Å². The van der Waals surface area contributed by atoms with E-state index in [1.807, 2.05) is 36.7 Å². The van der Waals surface area contributed by atoms with Crippen LogP contribution in [0.2, 0.25) is 0 Å². The molecular formula is C24H22N4O2. The third-order valence-electron chi connectivity index (χ3n) is 5.42. The second-order valence-electron chi connectivity index (χ2n) is 7.54. The summed E-state index contributed by atoms with van der Waals surface area (Å²) in [5.41, 5.74) is 5.90. The van der Waals surface area contributed by atoms with Crippen LogP contribution < -0.4 is 5.32 Å². The molecule has 1 atom stereocenters. The van der Waals surface area contributed by atoms with Crippen LogP contribution in [0.1, 0.15) is 28.0 Å². The summed E-state index contributed by atoms with van der Waals surface area (Å²) in [5.74, 6) is -0.158. The maximum absolute atomic E-state index is 12.7. The van der Waals surface area contributed by atoms with Gasteiger partial charge in [-0.1, -0.05) is 30.3 Å². The molecule has 1 fully saturated rings. The van der Waals surface area contributed by atoms with Gasteiger partial charge >= 0.3 is 0 Å². The average Bonchev–Trinajstić information content (AvgIpc) is 3.47. The number of carbonyl (C=O) groups excluding carboxylic acids is 1. The highest BCUT2D eigenvalue weighted by molar-refractivity contribution is 5.93. The molecule has 4 aromatic rings. The first-order chi connectivity index (χ1) is 14.8. The van der Waals surface area contributed by atoms with Crippen molar-refractivity contribution < 1.29 is 9.53 Å². The fourth-order valence-electron chi connectivity index (χ4n) is 3.83. The van der Waals surface area contributed by atoms with Gasteiger partial charge in [0.1, 0.15) is 5.69 Å². The Bertz CT molecular complexity index is 1160. The summed E-state index contributed by atoms with van der Waals surface area (Å²) >= 11 is 0. The molecule has 1 aromatic carbocycles. The fourth-order valence-corrected chi connectivity index (χ4v) is 3.83. The average molecular weight is 398 g/mol. The smallest absolute Gasteiger partial charge is 0.272 e. The van der Waals surface area contributed by atoms with Crippen LogP contribution in [0.5, 0.6) is 0 Å². The Morgan fingerprint density at radius 1 is 1.13 bits per heavy atom. The molecule has 0 bridgehead atoms. The molecule has 4 heterocycles. The van der Waals surface area contributed by atoms with Gasteiger partial charge in [0.05, 0.1) is 18.2 Å². The van der Waals surface area contributed by atoms with Gasteiger partial charge in [-0.15, -0.1) is 0 Å². The van der Waals surface area contributed by atoms with Crippen molar-refractivity contribution in [2.75, 3.05) is 13.2 Å². The summed E-state index contributed by atoms with van der Waals surface area (Å²) in [6.07, 6.45) is 7.07. The number of aromatic nitrogens is 3. The van der Waals surface area contributed by atoms with E-state index in [1.54, 1.807) is 10.7 Å². The minimum Gasteiger partial charge on any atom is -0.379 e. The molecule has 0 spiro atoms. The molecule has 6 nitrogen and oxygen atoms in total. The van der Waals surface area contributed by atoms with Crippen LogP contribution in [0.25, 0.3) is 16.6 Å². The summed E-state index contributed by atoms with van der Waals surface area (Å²) in [4.78, 5) is 16.9. The van der Waals surface area contributed by atoms with Gasteiger partial charge in [-0.05, 0) is 59.4 Å². The molecule has 150 valence electrons. The van der Waals surface area contributed by atoms with Crippen LogP contribution in [0.15, 0.2) is 73.2 Å². The van der Waals surface area contributed by atoms with Gasteiger partial charge in [0.15, 0.2) is 0 Å². The molecule has 6 heteroatoms. The van der Waals surface area contributed by atoms with E-state index in [2.05, 4.69) is 45.7 Å². The fraction of sp³-hybridized carbons (Fsp3) is 0.208. The van der Waals surface area contributed by atoms with E-state index in [1.165, 1.54) is 5.56 Å². The standard InChI is InChI=1S/C24H22N4O2/c29-24(26-21-9-12-30-16-21)22-14-20(23-4-2-11-28(23)27-22)13-17-5-7-18(8-6-17)19-3-1-10-25-15-19/h1-8,10-11,14-15,21H,9,12-13,16H2,(H,26,29). The molecule has 1 saturated heterocycles. The van der Waals surface area contributed by atoms with Gasteiger partial charge in [-0.25, -0.2) is 4.52 Å². The van der Waals surface area contributed by atoms with Gasteiger partial charge in [0.25, 0.3) is 5.91 Å². The van der Waals surface area contributed by atoms with E-state index in [4.69, 9.17) is 4.74 Å². The first kappa shape index (κ1) is 18.5. The number of rotatable bonds is 5. The van der Waals surface area contributed by atoms with E-state index in [-0.39, 0.29) is 11.9 Å². The van der Waals surface area contributed by atoms with Crippen molar-refractivity contribution in [1.29, 1.82) is 0 Å². The number of hydrogen-bond acceptors (Lipinski definition) is 4. The molecule has 1 amide bonds. The highest BCUT2D eigenvalue weighted by atomic mass is 16.5. The van der Waals surface area contributed by atoms with Gasteiger partial charge in [-0.3, -0.25) is 9.78 Å². The van der Waals surface area contributed by atoms with Crippen molar-refractivity contribution in [2.45, 2.75) is 18.9 Å². The third kappa shape index (κ3) is 3.82. The number of amides is 1. The number of ether oxygens (including phenoxy) is 1. The Hall–Kier alpha value is -3.51. The zero-order valence-corrected chi connectivity index (χ0v) is 16.5. The van der Waals surface area contributed by atoms with Gasteiger partial charge < -0.3 is 10.1 Å². The number of carbonyl (C=O) groups is 1. The molecule has 1 aliphatic heterocycles. The zero-order chi connectivity index (χ0) is 20.3. The second-order valence-corrected chi connectivity index (χ2v) is 7.54. The van der Waals surface area contributed by atoms with Gasteiger partial charge in [0.2, 0.25) is 0 Å². The lowest BCUT2D eigenvalue weighted by Gasteiger charge is -2.12. The molecule has 30 heavy (non-hydrogen) atoms. The number of nitrogens with one attached hydrogen (secondary N) is 1. The molecule has 1 N–H and O–H groups in total. The predicted octanol–water partition coefficient (Wildman–Crippen LogP) is 3.51. The number of hydrogen-bond donors (Lipinski definition) is 1. The SMILES string of the molecule is O=C(NC1CCOC1)c1cc(Cc2ccc(-c3cccnc3)cc2)c2cccn2n1. The first-order valence-corrected chi connectivity index (χ1v) is 10.1. The Morgan fingerprint density at radius 3 is 2.80 bits per heavy atom. The number of nitrogens with zero attached hydrogens (tertiary/aromatic N) is 3. The summed E-state index contributed by atoms with van der Waals surface area (Å²) in [5, 5.41) is 7.51. The predicted molar refractivity (Wildman–Crippen MR) is 114 cm³/mol. The van der Waals surface area contributed by atoms with Crippen LogP contribution in [0.4, 0.5) is 0 Å². The number of benzene rings is 1. The van der Waals surface area contributed by atoms with Crippen LogP contribution in [0.3, 0.4) is 0 Å². The highest BCUT2D eigenvalue weighted by Crippen LogP contribution is 2.22. The first-order valence-electron chi connectivity index (χ1n) is 10.1. The van der Waals surface area contributed by atoms with Gasteiger partial charge in [-0.2, -0.15) is 5.10 Å². The monoisotopic (exact) mass is 398 g/mol. The Kier molecular flexibility index (Phi) is 4.99. The molecule has 0 radical (unpaired) electrons.